The first-order valence-corrected chi connectivity index (χ1v) is 3.81. The predicted octanol–water partition coefficient (Wildman–Crippen LogP) is 1.77. The molecule has 1 radical (unpaired) electrons. The topological polar surface area (TPSA) is 26.3 Å². The smallest absolute Gasteiger partial charge is 0.311 e. The molecule has 0 atom stereocenters. The fraction of sp³-hybridized carbons (Fsp3) is 0.857. The van der Waals surface area contributed by atoms with Crippen LogP contribution in [0.5, 0.6) is 0 Å². The van der Waals surface area contributed by atoms with Crippen LogP contribution in [0.1, 0.15) is 20.8 Å². The molecule has 0 spiro atoms. The number of carbonyl (C=O) groups excluding carboxylic acids is 1. The third kappa shape index (κ3) is 3.77. The Kier molecular flexibility index (Phi) is 3.79. The minimum absolute atomic E-state index is 0.183. The van der Waals surface area contributed by atoms with E-state index in [-0.39, 0.29) is 5.97 Å². The highest BCUT2D eigenvalue weighted by Crippen LogP contribution is 2.14. The molecule has 3 heteroatoms. The SMILES string of the molecule is CC(C)(C)C(=O)OCC[S]. The molecule has 0 saturated carbocycles. The summed E-state index contributed by atoms with van der Waals surface area (Å²) in [6.07, 6.45) is 0. The molecule has 0 heterocycles. The maximum Gasteiger partial charge on any atom is 0.311 e. The molecule has 59 valence electrons. The van der Waals surface area contributed by atoms with Crippen molar-refractivity contribution in [3.05, 3.63) is 0 Å². The van der Waals surface area contributed by atoms with Crippen LogP contribution >= 0.6 is 12.6 Å². The minimum Gasteiger partial charge on any atom is -0.464 e. The van der Waals surface area contributed by atoms with Gasteiger partial charge in [0, 0.05) is 5.75 Å². The van der Waals surface area contributed by atoms with Crippen molar-refractivity contribution in [2.75, 3.05) is 12.4 Å². The zero-order chi connectivity index (χ0) is 8.20. The van der Waals surface area contributed by atoms with Gasteiger partial charge in [-0.3, -0.25) is 4.79 Å². The summed E-state index contributed by atoms with van der Waals surface area (Å²) in [5.41, 5.74) is -0.398. The summed E-state index contributed by atoms with van der Waals surface area (Å²) in [5.74, 6) is 0.291. The lowest BCUT2D eigenvalue weighted by molar-refractivity contribution is -0.152. The average molecular weight is 161 g/mol. The second-order valence-electron chi connectivity index (χ2n) is 3.09. The molecule has 2 nitrogen and oxygen atoms in total. The van der Waals surface area contributed by atoms with Crippen molar-refractivity contribution in [2.24, 2.45) is 5.41 Å². The van der Waals surface area contributed by atoms with Crippen LogP contribution in [0.4, 0.5) is 0 Å². The third-order valence-electron chi connectivity index (χ3n) is 0.929. The Balaban J connectivity index is 3.64. The van der Waals surface area contributed by atoms with E-state index in [9.17, 15) is 4.79 Å². The zero-order valence-electron chi connectivity index (χ0n) is 6.64. The Morgan fingerprint density at radius 2 is 2.00 bits per heavy atom. The van der Waals surface area contributed by atoms with Crippen molar-refractivity contribution in [3.8, 4) is 0 Å². The fourth-order valence-electron chi connectivity index (χ4n) is 0.351. The summed E-state index contributed by atoms with van der Waals surface area (Å²) in [6, 6.07) is 0. The van der Waals surface area contributed by atoms with Crippen LogP contribution in [0, 0.1) is 5.41 Å². The summed E-state index contributed by atoms with van der Waals surface area (Å²) >= 11 is 4.62. The molecule has 10 heavy (non-hydrogen) atoms. The van der Waals surface area contributed by atoms with Gasteiger partial charge in [-0.2, -0.15) is 0 Å². The Morgan fingerprint density at radius 1 is 1.50 bits per heavy atom. The summed E-state index contributed by atoms with van der Waals surface area (Å²) in [5, 5.41) is 0. The van der Waals surface area contributed by atoms with Crippen molar-refractivity contribution in [3.63, 3.8) is 0 Å². The predicted molar refractivity (Wildman–Crippen MR) is 42.9 cm³/mol. The normalized spacial score (nSPS) is 11.2. The molecule has 0 bridgehead atoms. The monoisotopic (exact) mass is 161 g/mol. The molecule has 0 saturated heterocycles. The Morgan fingerprint density at radius 3 is 2.30 bits per heavy atom. The van der Waals surface area contributed by atoms with Crippen molar-refractivity contribution in [1.29, 1.82) is 0 Å². The van der Waals surface area contributed by atoms with Gasteiger partial charge in [0.15, 0.2) is 0 Å². The van der Waals surface area contributed by atoms with Crippen LogP contribution in [0.15, 0.2) is 0 Å². The van der Waals surface area contributed by atoms with E-state index in [1.54, 1.807) is 0 Å². The van der Waals surface area contributed by atoms with Crippen LogP contribution in [0.3, 0.4) is 0 Å². The van der Waals surface area contributed by atoms with Crippen LogP contribution in [0.25, 0.3) is 0 Å². The molecule has 0 N–H and O–H groups in total. The molecule has 0 aromatic heterocycles. The highest BCUT2D eigenvalue weighted by Gasteiger charge is 2.22. The maximum absolute atomic E-state index is 11.0. The van der Waals surface area contributed by atoms with E-state index in [1.165, 1.54) is 0 Å². The van der Waals surface area contributed by atoms with Crippen LogP contribution in [0.2, 0.25) is 0 Å². The minimum atomic E-state index is -0.398. The van der Waals surface area contributed by atoms with Crippen molar-refractivity contribution in [1.82, 2.24) is 0 Å². The number of esters is 1. The fourth-order valence-corrected chi connectivity index (χ4v) is 0.434. The quantitative estimate of drug-likeness (QED) is 0.577. The van der Waals surface area contributed by atoms with E-state index < -0.39 is 5.41 Å². The zero-order valence-corrected chi connectivity index (χ0v) is 7.46. The van der Waals surface area contributed by atoms with E-state index >= 15 is 0 Å². The Hall–Kier alpha value is -0.180. The van der Waals surface area contributed by atoms with Gasteiger partial charge >= 0.3 is 5.97 Å². The second kappa shape index (κ2) is 3.86. The van der Waals surface area contributed by atoms with Crippen LogP contribution in [-0.2, 0) is 9.53 Å². The molecule has 0 amide bonds. The lowest BCUT2D eigenvalue weighted by atomic mass is 9.97. The van der Waals surface area contributed by atoms with Crippen molar-refractivity contribution >= 4 is 18.6 Å². The summed E-state index contributed by atoms with van der Waals surface area (Å²) < 4.78 is 4.81. The molecule has 0 rings (SSSR count). The highest BCUT2D eigenvalue weighted by atomic mass is 32.1. The van der Waals surface area contributed by atoms with Gasteiger partial charge in [0.25, 0.3) is 0 Å². The molecular formula is C7H13O2S. The Bertz CT molecular complexity index is 115. The molecule has 0 aliphatic carbocycles. The van der Waals surface area contributed by atoms with Crippen LogP contribution in [-0.4, -0.2) is 18.3 Å². The molecule has 0 aliphatic heterocycles. The number of ether oxygens (including phenoxy) is 1. The number of hydrogen-bond donors (Lipinski definition) is 0. The second-order valence-corrected chi connectivity index (χ2v) is 3.50. The van der Waals surface area contributed by atoms with Gasteiger partial charge in [0.2, 0.25) is 0 Å². The van der Waals surface area contributed by atoms with E-state index in [4.69, 9.17) is 4.74 Å². The van der Waals surface area contributed by atoms with Gasteiger partial charge in [-0.05, 0) is 20.8 Å². The van der Waals surface area contributed by atoms with E-state index in [2.05, 4.69) is 12.6 Å². The lowest BCUT2D eigenvalue weighted by Crippen LogP contribution is -2.23. The van der Waals surface area contributed by atoms with Crippen molar-refractivity contribution in [2.45, 2.75) is 20.8 Å². The molecule has 0 unspecified atom stereocenters. The van der Waals surface area contributed by atoms with E-state index in [1.807, 2.05) is 20.8 Å². The summed E-state index contributed by atoms with van der Waals surface area (Å²) in [6.45, 7) is 5.81. The van der Waals surface area contributed by atoms with Crippen molar-refractivity contribution < 1.29 is 9.53 Å². The summed E-state index contributed by atoms with van der Waals surface area (Å²) in [4.78, 5) is 11.0. The molecule has 0 aromatic carbocycles. The average Bonchev–Trinajstić information content (AvgIpc) is 1.80. The first kappa shape index (κ1) is 9.82. The Labute approximate surface area is 67.4 Å². The molecule has 0 fully saturated rings. The molecule has 0 aliphatic rings. The molecular weight excluding hydrogens is 148 g/mol. The van der Waals surface area contributed by atoms with E-state index in [0.29, 0.717) is 12.4 Å². The summed E-state index contributed by atoms with van der Waals surface area (Å²) in [7, 11) is 0. The van der Waals surface area contributed by atoms with Gasteiger partial charge in [-0.1, -0.05) is 12.6 Å². The largest absolute Gasteiger partial charge is 0.464 e. The van der Waals surface area contributed by atoms with E-state index in [0.717, 1.165) is 0 Å². The first-order chi connectivity index (χ1) is 4.48. The first-order valence-electron chi connectivity index (χ1n) is 3.24. The molecule has 0 aromatic rings. The van der Waals surface area contributed by atoms with Gasteiger partial charge in [-0.15, -0.1) is 0 Å². The number of rotatable bonds is 2. The number of carbonyl (C=O) groups is 1. The van der Waals surface area contributed by atoms with Gasteiger partial charge < -0.3 is 4.74 Å². The highest BCUT2D eigenvalue weighted by molar-refractivity contribution is 7.80. The lowest BCUT2D eigenvalue weighted by Gasteiger charge is -2.15. The van der Waals surface area contributed by atoms with Gasteiger partial charge in [-0.25, -0.2) is 0 Å². The van der Waals surface area contributed by atoms with Gasteiger partial charge in [0.05, 0.1) is 5.41 Å². The number of hydrogen-bond acceptors (Lipinski definition) is 2. The van der Waals surface area contributed by atoms with Crippen LogP contribution < -0.4 is 0 Å². The third-order valence-corrected chi connectivity index (χ3v) is 1.10. The maximum atomic E-state index is 11.0. The standard InChI is InChI=1S/C7H13O2S/c1-7(2,3)6(8)9-4-5-10/h4-5H2,1-3H3. The van der Waals surface area contributed by atoms with Gasteiger partial charge in [0.1, 0.15) is 6.61 Å².